The van der Waals surface area contributed by atoms with Crippen molar-refractivity contribution in [1.29, 1.82) is 0 Å². The van der Waals surface area contributed by atoms with Gasteiger partial charge in [0.1, 0.15) is 22.8 Å². The molecule has 6 aromatic heterocycles. The summed E-state index contributed by atoms with van der Waals surface area (Å²) in [6.07, 6.45) is 3.65. The van der Waals surface area contributed by atoms with Gasteiger partial charge in [0.2, 0.25) is 0 Å². The molecule has 0 saturated heterocycles. The average Bonchev–Trinajstić information content (AvgIpc) is 3.47. The lowest BCUT2D eigenvalue weighted by Crippen LogP contribution is -2.24. The van der Waals surface area contributed by atoms with Crippen molar-refractivity contribution in [3.63, 3.8) is 0 Å². The molecule has 0 atom stereocenters. The zero-order valence-corrected chi connectivity index (χ0v) is 41.9. The van der Waals surface area contributed by atoms with E-state index in [9.17, 15) is 0 Å². The smallest absolute Gasteiger partial charge is 0.113 e. The number of hydrogen-bond acceptors (Lipinski definition) is 8. The predicted molar refractivity (Wildman–Crippen MR) is 301 cm³/mol. The maximum atomic E-state index is 4.81. The van der Waals surface area contributed by atoms with Gasteiger partial charge < -0.3 is 0 Å². The van der Waals surface area contributed by atoms with E-state index in [1.165, 1.54) is 0 Å². The number of rotatable bonds is 12. The molecule has 0 saturated carbocycles. The Morgan fingerprint density at radius 1 is 0.224 bits per heavy atom. The van der Waals surface area contributed by atoms with Crippen LogP contribution in [0.5, 0.6) is 0 Å². The zero-order chi connectivity index (χ0) is 51.7. The molecular weight excluding hydrogens is 929 g/mol. The molecule has 76 heavy (non-hydrogen) atoms. The quantitative estimate of drug-likeness (QED) is 0.112. The van der Waals surface area contributed by atoms with Crippen molar-refractivity contribution in [2.24, 2.45) is 0 Å². The Labute approximate surface area is 446 Å². The van der Waals surface area contributed by atoms with Crippen LogP contribution in [0.15, 0.2) is 243 Å². The van der Waals surface area contributed by atoms with Crippen LogP contribution in [0, 0.1) is 47.4 Å². The van der Waals surface area contributed by atoms with Crippen molar-refractivity contribution in [3.05, 3.63) is 322 Å². The van der Waals surface area contributed by atoms with Gasteiger partial charge in [-0.3, -0.25) is 19.8 Å². The first-order valence-corrected chi connectivity index (χ1v) is 25.0. The molecule has 10 aromatic rings. The van der Waals surface area contributed by atoms with Gasteiger partial charge in [0, 0.05) is 73.9 Å². The Kier molecular flexibility index (Phi) is 18.5. The lowest BCUT2D eigenvalue weighted by Gasteiger charge is -2.21. The third kappa shape index (κ3) is 17.0. The fraction of sp³-hybridized carbons (Fsp3) is 0.0882. The minimum atomic E-state index is 0.638. The summed E-state index contributed by atoms with van der Waals surface area (Å²) in [5.74, 6) is 25.5. The van der Waals surface area contributed by atoms with Gasteiger partial charge in [-0.25, -0.2) is 19.9 Å². The van der Waals surface area contributed by atoms with E-state index in [0.717, 1.165) is 79.2 Å². The van der Waals surface area contributed by atoms with E-state index in [0.29, 0.717) is 39.3 Å². The van der Waals surface area contributed by atoms with Crippen LogP contribution in [0.25, 0.3) is 0 Å². The molecule has 8 heteroatoms. The molecule has 0 bridgehead atoms. The van der Waals surface area contributed by atoms with E-state index < -0.39 is 0 Å². The molecule has 4 aromatic carbocycles. The first-order valence-electron chi connectivity index (χ1n) is 25.0. The van der Waals surface area contributed by atoms with Crippen molar-refractivity contribution in [2.45, 2.75) is 39.3 Å². The molecule has 10 rings (SSSR count). The van der Waals surface area contributed by atoms with Crippen molar-refractivity contribution < 1.29 is 0 Å². The summed E-state index contributed by atoms with van der Waals surface area (Å²) in [5.41, 5.74) is 12.6. The number of pyridine rings is 6. The fourth-order valence-electron chi connectivity index (χ4n) is 7.87. The highest BCUT2D eigenvalue weighted by atomic mass is 15.2. The van der Waals surface area contributed by atoms with Crippen LogP contribution >= 0.6 is 0 Å². The molecule has 0 aliphatic heterocycles. The van der Waals surface area contributed by atoms with Crippen LogP contribution in [0.4, 0.5) is 0 Å². The molecule has 364 valence electrons. The van der Waals surface area contributed by atoms with E-state index in [4.69, 9.17) is 19.9 Å². The summed E-state index contributed by atoms with van der Waals surface area (Å²) in [5, 5.41) is 0. The normalized spacial score (nSPS) is 10.2. The highest BCUT2D eigenvalue weighted by Crippen LogP contribution is 2.15. The first kappa shape index (κ1) is 50.9. The maximum absolute atomic E-state index is 4.81. The summed E-state index contributed by atoms with van der Waals surface area (Å²) in [6.45, 7) is 3.89. The second-order valence-corrected chi connectivity index (χ2v) is 17.5. The third-order valence-electron chi connectivity index (χ3n) is 11.4. The monoisotopic (exact) mass is 980 g/mol. The van der Waals surface area contributed by atoms with Crippen LogP contribution in [-0.4, -0.2) is 39.7 Å². The van der Waals surface area contributed by atoms with Crippen LogP contribution in [-0.2, 0) is 39.3 Å². The SMILES string of the molecule is C(#Cc1cccc(CN(Cc2ccccn2)Cc2cccc(C#Cc3ccccc3)n2)n1)c1ccccc1.C(#Cc1cccc(CN(Cc2ccccn2)Cc2cccc(C#Cc3ccccc3)n2)n1)c1ccccc1. The molecule has 0 aliphatic carbocycles. The fourth-order valence-corrected chi connectivity index (χ4v) is 7.87. The van der Waals surface area contributed by atoms with Crippen molar-refractivity contribution in [1.82, 2.24) is 39.7 Å². The van der Waals surface area contributed by atoms with E-state index in [-0.39, 0.29) is 0 Å². The molecule has 0 amide bonds. The van der Waals surface area contributed by atoms with Gasteiger partial charge >= 0.3 is 0 Å². The maximum Gasteiger partial charge on any atom is 0.113 e. The average molecular weight is 981 g/mol. The number of hydrogen-bond donors (Lipinski definition) is 0. The number of benzene rings is 4. The molecular formula is C68H52N8. The van der Waals surface area contributed by atoms with Crippen molar-refractivity contribution in [3.8, 4) is 47.4 Å². The summed E-state index contributed by atoms with van der Waals surface area (Å²) in [7, 11) is 0. The molecule has 0 unspecified atom stereocenters. The van der Waals surface area contributed by atoms with Crippen LogP contribution in [0.2, 0.25) is 0 Å². The molecule has 0 radical (unpaired) electrons. The first-order chi connectivity index (χ1) is 37.6. The summed E-state index contributed by atoms with van der Waals surface area (Å²) >= 11 is 0. The largest absolute Gasteiger partial charge is 0.286 e. The van der Waals surface area contributed by atoms with Gasteiger partial charge in [-0.1, -0.05) is 133 Å². The zero-order valence-electron chi connectivity index (χ0n) is 41.9. The number of nitrogens with zero attached hydrogens (tertiary/aromatic N) is 8. The van der Waals surface area contributed by atoms with Gasteiger partial charge in [-0.05, 0) is 145 Å². The van der Waals surface area contributed by atoms with Crippen LogP contribution in [0.1, 0.15) is 79.2 Å². The highest BCUT2D eigenvalue weighted by Gasteiger charge is 2.13. The molecule has 0 N–H and O–H groups in total. The van der Waals surface area contributed by atoms with Gasteiger partial charge in [-0.15, -0.1) is 0 Å². The van der Waals surface area contributed by atoms with Gasteiger partial charge in [-0.2, -0.15) is 0 Å². The highest BCUT2D eigenvalue weighted by molar-refractivity contribution is 5.43. The second-order valence-electron chi connectivity index (χ2n) is 17.5. The standard InChI is InChI=1S/2C34H26N4/c2*1-3-11-28(12-4-1)20-22-30-16-9-18-33(36-30)26-38(25-32-15-7-8-24-35-32)27-34-19-10-17-31(37-34)23-21-29-13-5-2-6-14-29/h2*1-19,24H,25-27H2. The number of aromatic nitrogens is 6. The molecule has 8 nitrogen and oxygen atoms in total. The van der Waals surface area contributed by atoms with Gasteiger partial charge in [0.05, 0.1) is 34.2 Å². The van der Waals surface area contributed by atoms with Gasteiger partial charge in [0.25, 0.3) is 0 Å². The lowest BCUT2D eigenvalue weighted by molar-refractivity contribution is 0.238. The summed E-state index contributed by atoms with van der Waals surface area (Å²) < 4.78 is 0. The molecule has 0 aliphatic rings. The molecule has 6 heterocycles. The van der Waals surface area contributed by atoms with E-state index in [2.05, 4.69) is 67.1 Å². The summed E-state index contributed by atoms with van der Waals surface area (Å²) in [6, 6.07) is 75.7. The van der Waals surface area contributed by atoms with E-state index in [1.807, 2.05) is 243 Å². The summed E-state index contributed by atoms with van der Waals surface area (Å²) in [4.78, 5) is 32.9. The minimum absolute atomic E-state index is 0.638. The minimum Gasteiger partial charge on any atom is -0.286 e. The Morgan fingerprint density at radius 3 is 0.711 bits per heavy atom. The van der Waals surface area contributed by atoms with Crippen molar-refractivity contribution >= 4 is 0 Å². The molecule has 0 fully saturated rings. The Balaban J connectivity index is 0.000000186. The predicted octanol–water partition coefficient (Wildman–Crippen LogP) is 11.7. The van der Waals surface area contributed by atoms with E-state index in [1.54, 1.807) is 0 Å². The lowest BCUT2D eigenvalue weighted by atomic mass is 10.2. The third-order valence-corrected chi connectivity index (χ3v) is 11.4. The van der Waals surface area contributed by atoms with E-state index >= 15 is 0 Å². The van der Waals surface area contributed by atoms with Gasteiger partial charge in [0.15, 0.2) is 0 Å². The Bertz CT molecular complexity index is 3230. The van der Waals surface area contributed by atoms with Crippen LogP contribution < -0.4 is 0 Å². The second kappa shape index (κ2) is 27.7. The Morgan fingerprint density at radius 2 is 0.461 bits per heavy atom. The molecule has 0 spiro atoms. The topological polar surface area (TPSA) is 83.8 Å². The van der Waals surface area contributed by atoms with Crippen molar-refractivity contribution in [2.75, 3.05) is 0 Å². The Hall–Kier alpha value is -10.1. The van der Waals surface area contributed by atoms with Crippen LogP contribution in [0.3, 0.4) is 0 Å².